The molecule has 0 aliphatic heterocycles. The molecule has 2 aromatic carbocycles. The molecule has 0 aliphatic rings. The van der Waals surface area contributed by atoms with Crippen molar-refractivity contribution in [3.05, 3.63) is 52.5 Å². The van der Waals surface area contributed by atoms with E-state index < -0.39 is 0 Å². The smallest absolute Gasteiger partial charge is 0.255 e. The Morgan fingerprint density at radius 3 is 2.34 bits per heavy atom. The third-order valence-electron chi connectivity index (χ3n) is 4.09. The molecule has 6 nitrogen and oxygen atoms in total. The summed E-state index contributed by atoms with van der Waals surface area (Å²) in [4.78, 5) is 26.0. The van der Waals surface area contributed by atoms with E-state index in [0.29, 0.717) is 47.4 Å². The largest absolute Gasteiger partial charge is 0.490 e. The Hall–Kier alpha value is -2.73. The first kappa shape index (κ1) is 22.6. The van der Waals surface area contributed by atoms with E-state index in [1.54, 1.807) is 43.3 Å². The van der Waals surface area contributed by atoms with Crippen LogP contribution in [0.15, 0.2) is 36.4 Å². The van der Waals surface area contributed by atoms with Crippen LogP contribution in [0, 0.1) is 0 Å². The number of anilines is 1. The quantitative estimate of drug-likeness (QED) is 0.654. The molecule has 0 aliphatic carbocycles. The number of likely N-dealkylation sites (N-methyl/N-ethyl adjacent to an activating group) is 1. The Morgan fingerprint density at radius 1 is 1.07 bits per heavy atom. The van der Waals surface area contributed by atoms with Gasteiger partial charge in [0.15, 0.2) is 11.5 Å². The molecular weight excluding hydrogens is 392 g/mol. The van der Waals surface area contributed by atoms with Crippen molar-refractivity contribution in [3.8, 4) is 11.5 Å². The molecule has 1 N–H and O–H groups in total. The van der Waals surface area contributed by atoms with Crippen molar-refractivity contribution >= 4 is 29.1 Å². The normalized spacial score (nSPS) is 10.4. The van der Waals surface area contributed by atoms with Crippen LogP contribution in [0.25, 0.3) is 0 Å². The molecule has 0 radical (unpaired) electrons. The summed E-state index contributed by atoms with van der Waals surface area (Å²) in [5, 5.41) is 3.16. The van der Waals surface area contributed by atoms with Gasteiger partial charge < -0.3 is 19.7 Å². The number of nitrogens with one attached hydrogen (secondary N) is 1. The monoisotopic (exact) mass is 418 g/mol. The average molecular weight is 419 g/mol. The molecule has 29 heavy (non-hydrogen) atoms. The first-order valence-corrected chi connectivity index (χ1v) is 9.93. The first-order valence-electron chi connectivity index (χ1n) is 9.55. The van der Waals surface area contributed by atoms with Gasteiger partial charge in [-0.3, -0.25) is 9.59 Å². The Bertz CT molecular complexity index is 851. The fraction of sp³-hybridized carbons (Fsp3) is 0.364. The molecule has 7 heteroatoms. The Balaban J connectivity index is 2.14. The lowest BCUT2D eigenvalue weighted by atomic mass is 10.1. The van der Waals surface area contributed by atoms with E-state index in [1.165, 1.54) is 0 Å². The topological polar surface area (TPSA) is 67.9 Å². The summed E-state index contributed by atoms with van der Waals surface area (Å²) < 4.78 is 11.3. The maximum atomic E-state index is 12.7. The van der Waals surface area contributed by atoms with E-state index in [0.717, 1.165) is 12.0 Å². The summed E-state index contributed by atoms with van der Waals surface area (Å²) in [6.07, 6.45) is 1.15. The van der Waals surface area contributed by atoms with Crippen LogP contribution in [0.1, 0.15) is 36.2 Å². The average Bonchev–Trinajstić information content (AvgIpc) is 2.68. The zero-order valence-electron chi connectivity index (χ0n) is 17.3. The van der Waals surface area contributed by atoms with Crippen molar-refractivity contribution in [1.29, 1.82) is 0 Å². The molecule has 0 fully saturated rings. The fourth-order valence-corrected chi connectivity index (χ4v) is 2.81. The van der Waals surface area contributed by atoms with Crippen molar-refractivity contribution < 1.29 is 19.1 Å². The minimum atomic E-state index is -0.313. The number of halogens is 1. The molecule has 0 saturated heterocycles. The van der Waals surface area contributed by atoms with Crippen molar-refractivity contribution in [2.24, 2.45) is 0 Å². The lowest BCUT2D eigenvalue weighted by molar-refractivity contribution is -0.127. The van der Waals surface area contributed by atoms with Gasteiger partial charge in [-0.2, -0.15) is 0 Å². The van der Waals surface area contributed by atoms with Gasteiger partial charge in [-0.05, 0) is 43.2 Å². The third-order valence-corrected chi connectivity index (χ3v) is 4.37. The van der Waals surface area contributed by atoms with Crippen LogP contribution >= 0.6 is 11.6 Å². The molecule has 0 aromatic heterocycles. The highest BCUT2D eigenvalue weighted by Crippen LogP contribution is 2.37. The van der Waals surface area contributed by atoms with Gasteiger partial charge >= 0.3 is 0 Å². The molecule has 0 atom stereocenters. The Morgan fingerprint density at radius 2 is 1.76 bits per heavy atom. The predicted molar refractivity (Wildman–Crippen MR) is 115 cm³/mol. The highest BCUT2D eigenvalue weighted by molar-refractivity contribution is 6.32. The number of hydrogen-bond donors (Lipinski definition) is 1. The number of hydrogen-bond acceptors (Lipinski definition) is 4. The number of nitrogens with zero attached hydrogens (tertiary/aromatic N) is 1. The number of ether oxygens (including phenoxy) is 2. The van der Waals surface area contributed by atoms with Gasteiger partial charge in [0, 0.05) is 25.3 Å². The van der Waals surface area contributed by atoms with Gasteiger partial charge in [0.05, 0.1) is 24.7 Å². The minimum Gasteiger partial charge on any atom is -0.490 e. The van der Waals surface area contributed by atoms with E-state index in [-0.39, 0.29) is 11.8 Å². The van der Waals surface area contributed by atoms with Gasteiger partial charge in [0.25, 0.3) is 5.91 Å². The summed E-state index contributed by atoms with van der Waals surface area (Å²) in [6, 6.07) is 10.4. The SMILES string of the molecule is CCCOc1c(Cl)cc(C(=O)Nc2ccc(CC(=O)N(C)C)cc2)cc1OCC. The van der Waals surface area contributed by atoms with Crippen LogP contribution in [0.2, 0.25) is 5.02 Å². The van der Waals surface area contributed by atoms with Crippen molar-refractivity contribution in [2.45, 2.75) is 26.7 Å². The van der Waals surface area contributed by atoms with Crippen molar-refractivity contribution in [3.63, 3.8) is 0 Å². The highest BCUT2D eigenvalue weighted by Gasteiger charge is 2.16. The minimum absolute atomic E-state index is 0.0188. The molecule has 0 saturated carbocycles. The molecule has 0 spiro atoms. The molecule has 156 valence electrons. The molecule has 0 unspecified atom stereocenters. The van der Waals surface area contributed by atoms with Gasteiger partial charge in [-0.1, -0.05) is 30.7 Å². The molecule has 2 aromatic rings. The van der Waals surface area contributed by atoms with Crippen molar-refractivity contribution in [1.82, 2.24) is 4.90 Å². The van der Waals surface area contributed by atoms with Crippen molar-refractivity contribution in [2.75, 3.05) is 32.6 Å². The summed E-state index contributed by atoms with van der Waals surface area (Å²) in [6.45, 7) is 4.79. The second-order valence-electron chi connectivity index (χ2n) is 6.68. The number of benzene rings is 2. The van der Waals surface area contributed by atoms with E-state index in [4.69, 9.17) is 21.1 Å². The Labute approximate surface area is 176 Å². The lowest BCUT2D eigenvalue weighted by Crippen LogP contribution is -2.23. The van der Waals surface area contributed by atoms with E-state index in [9.17, 15) is 9.59 Å². The molecular formula is C22H27ClN2O4. The van der Waals surface area contributed by atoms with Gasteiger partial charge in [0.2, 0.25) is 5.91 Å². The number of carbonyl (C=O) groups is 2. The maximum Gasteiger partial charge on any atom is 0.255 e. The van der Waals surface area contributed by atoms with E-state index in [1.807, 2.05) is 26.0 Å². The zero-order chi connectivity index (χ0) is 21.4. The standard InChI is InChI=1S/C22H27ClN2O4/c1-5-11-29-21-18(23)13-16(14-19(21)28-6-2)22(27)24-17-9-7-15(8-10-17)12-20(26)25(3)4/h7-10,13-14H,5-6,11-12H2,1-4H3,(H,24,27). The number of carbonyl (C=O) groups excluding carboxylic acids is 2. The molecule has 2 rings (SSSR count). The summed E-state index contributed by atoms with van der Waals surface area (Å²) in [7, 11) is 3.44. The number of amides is 2. The predicted octanol–water partition coefficient (Wildman–Crippen LogP) is 4.41. The van der Waals surface area contributed by atoms with Crippen LogP contribution in [-0.4, -0.2) is 44.0 Å². The van der Waals surface area contributed by atoms with Gasteiger partial charge in [-0.15, -0.1) is 0 Å². The first-order chi connectivity index (χ1) is 13.8. The van der Waals surface area contributed by atoms with E-state index in [2.05, 4.69) is 5.32 Å². The molecule has 0 bridgehead atoms. The summed E-state index contributed by atoms with van der Waals surface area (Å²) in [5.74, 6) is 0.593. The van der Waals surface area contributed by atoms with Gasteiger partial charge in [0.1, 0.15) is 0 Å². The van der Waals surface area contributed by atoms with E-state index >= 15 is 0 Å². The van der Waals surface area contributed by atoms with Crippen LogP contribution in [0.3, 0.4) is 0 Å². The molecule has 2 amide bonds. The fourth-order valence-electron chi connectivity index (χ4n) is 2.55. The molecule has 0 heterocycles. The number of rotatable bonds is 9. The zero-order valence-corrected chi connectivity index (χ0v) is 18.0. The van der Waals surface area contributed by atoms with Crippen LogP contribution in [-0.2, 0) is 11.2 Å². The third kappa shape index (κ3) is 6.39. The van der Waals surface area contributed by atoms with Crippen LogP contribution < -0.4 is 14.8 Å². The van der Waals surface area contributed by atoms with Crippen LogP contribution in [0.4, 0.5) is 5.69 Å². The highest BCUT2D eigenvalue weighted by atomic mass is 35.5. The second kappa shape index (κ2) is 10.7. The van der Waals surface area contributed by atoms with Gasteiger partial charge in [-0.25, -0.2) is 0 Å². The Kier molecular flexibility index (Phi) is 8.34. The second-order valence-corrected chi connectivity index (χ2v) is 7.09. The van der Waals surface area contributed by atoms with Crippen LogP contribution in [0.5, 0.6) is 11.5 Å². The summed E-state index contributed by atoms with van der Waals surface area (Å²) >= 11 is 6.33. The lowest BCUT2D eigenvalue weighted by Gasteiger charge is -2.15. The summed E-state index contributed by atoms with van der Waals surface area (Å²) in [5.41, 5.74) is 1.87. The maximum absolute atomic E-state index is 12.7.